The van der Waals surface area contributed by atoms with Crippen molar-refractivity contribution in [1.82, 2.24) is 0 Å². The van der Waals surface area contributed by atoms with Crippen molar-refractivity contribution in [2.24, 2.45) is 0 Å². The summed E-state index contributed by atoms with van der Waals surface area (Å²) in [7, 11) is -31.5. The lowest BCUT2D eigenvalue weighted by Crippen LogP contribution is -2.29. The van der Waals surface area contributed by atoms with Gasteiger partial charge in [-0.1, -0.05) is 62.8 Å². The van der Waals surface area contributed by atoms with Gasteiger partial charge in [0, 0.05) is 28.8 Å². The van der Waals surface area contributed by atoms with Crippen molar-refractivity contribution in [2.75, 3.05) is 53.4 Å². The molecule has 442 valence electrons. The first-order valence-electron chi connectivity index (χ1n) is 24.2. The maximum atomic E-state index is 12.9. The first-order valence-corrected chi connectivity index (χ1v) is 35.1. The molecule has 1 aliphatic rings. The van der Waals surface area contributed by atoms with Crippen molar-refractivity contribution >= 4 is 76.5 Å². The summed E-state index contributed by atoms with van der Waals surface area (Å²) in [6.45, 7) is 8.93. The van der Waals surface area contributed by atoms with E-state index in [1.807, 2.05) is 0 Å². The van der Waals surface area contributed by atoms with Crippen LogP contribution in [0, 0.1) is 6.92 Å². The summed E-state index contributed by atoms with van der Waals surface area (Å²) >= 11 is 0. The minimum atomic E-state index is -5.01. The van der Waals surface area contributed by atoms with E-state index in [2.05, 4.69) is 6.58 Å². The number of rotatable bonds is 35. The lowest BCUT2D eigenvalue weighted by molar-refractivity contribution is 0.298. The van der Waals surface area contributed by atoms with Crippen molar-refractivity contribution < 1.29 is 100 Å². The van der Waals surface area contributed by atoms with E-state index >= 15 is 0 Å². The van der Waals surface area contributed by atoms with Crippen LogP contribution in [-0.4, -0.2) is 139 Å². The van der Waals surface area contributed by atoms with Crippen LogP contribution in [0.5, 0.6) is 11.5 Å². The predicted molar refractivity (Wildman–Crippen MR) is 292 cm³/mol. The standard InChI is InChI=1S/C47H69NO23S7/c1-36-32-43(77(64,65)66)41(70-25-13-18-30-75(58,59)60)33-38(36)46(3,22-10-15-27-72(49,50)51)37(2)20-8-6-5-7-9-21-45-47(4,23-11-16-28-73(52,53)54)39-34-42(71-26-14-19-31-76(61,62)63)44(78(67,68)69)35-40(39)48(45)24-12-17-29-74(55,56)57/h5-9,20-21,32-35H,2,10-19,22-31H2,1,3-4H3,(H,49,50,51)(H,52,53,54)(H,55,56,57)(H,58,59,60)(H,61,62,63)(H,64,65,66)(H,67,68,69)/b6-5+,9-7+,20-8+,45-21+. The normalized spacial score (nSPS) is 17.4. The highest BCUT2D eigenvalue weighted by Crippen LogP contribution is 2.53. The second-order valence-corrected chi connectivity index (χ2v) is 29.7. The summed E-state index contributed by atoms with van der Waals surface area (Å²) in [6.07, 6.45) is 12.2. The Labute approximate surface area is 458 Å². The number of hydrogen-bond acceptors (Lipinski definition) is 17. The minimum absolute atomic E-state index is 0.00217. The van der Waals surface area contributed by atoms with Gasteiger partial charge < -0.3 is 14.4 Å². The van der Waals surface area contributed by atoms with E-state index in [0.717, 1.165) is 6.07 Å². The Morgan fingerprint density at radius 1 is 0.564 bits per heavy atom. The Morgan fingerprint density at radius 2 is 0.987 bits per heavy atom. The average Bonchev–Trinajstić information content (AvgIpc) is 3.50. The summed E-state index contributed by atoms with van der Waals surface area (Å²) < 4.78 is 244. The summed E-state index contributed by atoms with van der Waals surface area (Å²) in [5, 5.41) is 0. The van der Waals surface area contributed by atoms with Gasteiger partial charge in [0.05, 0.1) is 42.0 Å². The van der Waals surface area contributed by atoms with Crippen LogP contribution < -0.4 is 14.4 Å². The lowest BCUT2D eigenvalue weighted by Gasteiger charge is -2.33. The number of anilines is 1. The van der Waals surface area contributed by atoms with E-state index in [1.165, 1.54) is 18.2 Å². The zero-order valence-corrected chi connectivity index (χ0v) is 48.9. The van der Waals surface area contributed by atoms with Gasteiger partial charge in [0.25, 0.3) is 70.8 Å². The number of nitrogens with zero attached hydrogens (tertiary/aromatic N) is 1. The molecule has 0 saturated heterocycles. The molecule has 78 heavy (non-hydrogen) atoms. The van der Waals surface area contributed by atoms with E-state index in [4.69, 9.17) is 18.6 Å². The van der Waals surface area contributed by atoms with Gasteiger partial charge in [-0.2, -0.15) is 58.9 Å². The molecular formula is C47H69NO23S7. The summed E-state index contributed by atoms with van der Waals surface area (Å²) in [5.74, 6) is -3.50. The van der Waals surface area contributed by atoms with Gasteiger partial charge in [0.15, 0.2) is 0 Å². The number of unbranched alkanes of at least 4 members (excludes halogenated alkanes) is 5. The molecule has 1 aliphatic heterocycles. The molecule has 2 atom stereocenters. The molecule has 0 amide bonds. The van der Waals surface area contributed by atoms with Gasteiger partial charge in [-0.3, -0.25) is 31.9 Å². The quantitative estimate of drug-likeness (QED) is 0.0219. The smallest absolute Gasteiger partial charge is 0.298 e. The molecule has 0 radical (unpaired) electrons. The number of fused-ring (bicyclic) bond motifs is 1. The fraction of sp³-hybridized carbons (Fsp3) is 0.532. The Bertz CT molecular complexity index is 3410. The van der Waals surface area contributed by atoms with E-state index < -0.39 is 120 Å². The van der Waals surface area contributed by atoms with Crippen LogP contribution in [0.25, 0.3) is 0 Å². The number of ether oxygens (including phenoxy) is 2. The predicted octanol–water partition coefficient (Wildman–Crippen LogP) is 6.51. The topological polar surface area (TPSA) is 402 Å². The van der Waals surface area contributed by atoms with Crippen molar-refractivity contribution in [1.29, 1.82) is 0 Å². The Balaban J connectivity index is 2.13. The van der Waals surface area contributed by atoms with Crippen molar-refractivity contribution in [2.45, 2.75) is 118 Å². The minimum Gasteiger partial charge on any atom is -0.492 e. The van der Waals surface area contributed by atoms with Crippen LogP contribution in [-0.2, 0) is 81.7 Å². The third-order valence-electron chi connectivity index (χ3n) is 12.7. The highest BCUT2D eigenvalue weighted by atomic mass is 32.2. The fourth-order valence-corrected chi connectivity index (χ4v) is 13.0. The lowest BCUT2D eigenvalue weighted by atomic mass is 9.71. The highest BCUT2D eigenvalue weighted by Gasteiger charge is 2.44. The Morgan fingerprint density at radius 3 is 1.47 bits per heavy atom. The molecule has 2 aromatic carbocycles. The largest absolute Gasteiger partial charge is 0.492 e. The van der Waals surface area contributed by atoms with Gasteiger partial charge in [-0.25, -0.2) is 0 Å². The van der Waals surface area contributed by atoms with Crippen LogP contribution in [0.3, 0.4) is 0 Å². The molecule has 0 aromatic heterocycles. The van der Waals surface area contributed by atoms with Crippen LogP contribution >= 0.6 is 0 Å². The third kappa shape index (κ3) is 22.8. The van der Waals surface area contributed by atoms with E-state index in [1.54, 1.807) is 68.2 Å². The summed E-state index contributed by atoms with van der Waals surface area (Å²) in [5.41, 5.74) is 0.194. The molecule has 2 unspecified atom stereocenters. The van der Waals surface area contributed by atoms with Gasteiger partial charge in [0.1, 0.15) is 21.3 Å². The second kappa shape index (κ2) is 28.1. The van der Waals surface area contributed by atoms with Gasteiger partial charge in [-0.15, -0.1) is 0 Å². The molecular weight excluding hydrogens is 1170 g/mol. The molecule has 1 heterocycles. The van der Waals surface area contributed by atoms with Gasteiger partial charge in [0.2, 0.25) is 0 Å². The van der Waals surface area contributed by atoms with Crippen LogP contribution in [0.1, 0.15) is 108 Å². The van der Waals surface area contributed by atoms with E-state index in [-0.39, 0.29) is 114 Å². The molecule has 7 N–H and O–H groups in total. The maximum absolute atomic E-state index is 12.9. The molecule has 0 bridgehead atoms. The zero-order valence-electron chi connectivity index (χ0n) is 43.2. The fourth-order valence-electron chi connectivity index (χ4n) is 8.82. The van der Waals surface area contributed by atoms with Gasteiger partial charge in [-0.05, 0) is 131 Å². The monoisotopic (exact) mass is 1240 g/mol. The molecule has 2 aromatic rings. The maximum Gasteiger partial charge on any atom is 0.298 e. The average molecular weight is 1240 g/mol. The highest BCUT2D eigenvalue weighted by molar-refractivity contribution is 7.87. The Hall–Kier alpha value is -4.09. The van der Waals surface area contributed by atoms with Gasteiger partial charge >= 0.3 is 0 Å². The number of allylic oxidation sites excluding steroid dienone is 9. The summed E-state index contributed by atoms with van der Waals surface area (Å²) in [4.78, 5) is 0.426. The van der Waals surface area contributed by atoms with Crippen molar-refractivity contribution in [3.8, 4) is 11.5 Å². The first-order chi connectivity index (χ1) is 35.7. The van der Waals surface area contributed by atoms with Crippen LogP contribution in [0.2, 0.25) is 0 Å². The summed E-state index contributed by atoms with van der Waals surface area (Å²) in [6, 6.07) is 5.08. The number of aryl methyl sites for hydroxylation is 1. The number of hydrogen-bond donors (Lipinski definition) is 7. The molecule has 0 fully saturated rings. The molecule has 24 nitrogen and oxygen atoms in total. The number of benzene rings is 2. The van der Waals surface area contributed by atoms with Crippen molar-refractivity contribution in [3.63, 3.8) is 0 Å². The Kier molecular flexibility index (Phi) is 24.5. The van der Waals surface area contributed by atoms with Crippen LogP contribution in [0.4, 0.5) is 5.69 Å². The molecule has 3 rings (SSSR count). The van der Waals surface area contributed by atoms with Crippen molar-refractivity contribution in [3.05, 3.63) is 101 Å². The molecule has 0 aliphatic carbocycles. The molecule has 0 saturated carbocycles. The van der Waals surface area contributed by atoms with Crippen LogP contribution in [0.15, 0.2) is 94.4 Å². The molecule has 31 heteroatoms. The zero-order chi connectivity index (χ0) is 59.2. The SMILES string of the molecule is C=C(/C=C/C=C/C=C/C=C1/N(CCCCS(=O)(=O)O)c2cc(S(=O)(=O)O)c(OCCCCS(=O)(=O)O)cc2C1(C)CCCCS(=O)(=O)O)C(C)(CCCCS(=O)(=O)O)c1cc(OCCCCS(=O)(=O)O)c(S(=O)(=O)O)cc1C. The van der Waals surface area contributed by atoms with E-state index in [9.17, 15) is 81.7 Å². The second-order valence-electron chi connectivity index (χ2n) is 19.1. The third-order valence-corrected chi connectivity index (χ3v) is 18.5. The van der Waals surface area contributed by atoms with E-state index in [0.29, 0.717) is 28.0 Å². The molecule has 0 spiro atoms. The first kappa shape index (κ1) is 68.2.